The average molecular weight is 246 g/mol. The summed E-state index contributed by atoms with van der Waals surface area (Å²) in [6, 6.07) is 0. The zero-order chi connectivity index (χ0) is 12.1. The van der Waals surface area contributed by atoms with Crippen LogP contribution in [0.15, 0.2) is 0 Å². The highest BCUT2D eigenvalue weighted by Crippen LogP contribution is 2.18. The molecule has 90 valence electrons. The second-order valence-electron chi connectivity index (χ2n) is 3.38. The maximum atomic E-state index is 11.1. The number of nitrogens with one attached hydrogen (secondary N) is 1. The van der Waals surface area contributed by atoms with Crippen LogP contribution in [0.3, 0.4) is 0 Å². The van der Waals surface area contributed by atoms with Crippen LogP contribution in [-0.4, -0.2) is 28.9 Å². The molecule has 0 aliphatic rings. The third kappa shape index (κ3) is 3.21. The molecule has 6 heteroatoms. The van der Waals surface area contributed by atoms with Crippen LogP contribution in [0.25, 0.3) is 0 Å². The van der Waals surface area contributed by atoms with Gasteiger partial charge in [-0.25, -0.2) is 0 Å². The number of carbonyl (C=O) groups is 1. The Balaban J connectivity index is 2.46. The largest absolute Gasteiger partial charge is 0.465 e. The van der Waals surface area contributed by atoms with Crippen molar-refractivity contribution < 1.29 is 9.53 Å². The summed E-state index contributed by atoms with van der Waals surface area (Å²) in [5.74, 6) is -0.266. The number of rotatable bonds is 5. The lowest BCUT2D eigenvalue weighted by Gasteiger charge is -2.05. The van der Waals surface area contributed by atoms with Gasteiger partial charge in [-0.15, -0.1) is 0 Å². The second kappa shape index (κ2) is 5.86. The van der Waals surface area contributed by atoms with Gasteiger partial charge in [-0.05, 0) is 13.8 Å². The number of ether oxygens (including phenoxy) is 1. The van der Waals surface area contributed by atoms with E-state index in [-0.39, 0.29) is 12.5 Å². The number of halogens is 1. The third-order valence-corrected chi connectivity index (χ3v) is 2.62. The predicted octanol–water partition coefficient (Wildman–Crippen LogP) is 1.03. The lowest BCUT2D eigenvalue weighted by molar-refractivity contribution is -0.142. The molecule has 0 aromatic carbocycles. The fraction of sp³-hybridized carbons (Fsp3) is 0.600. The van der Waals surface area contributed by atoms with Crippen molar-refractivity contribution in [2.45, 2.75) is 20.4 Å². The van der Waals surface area contributed by atoms with Crippen molar-refractivity contribution in [1.82, 2.24) is 15.1 Å². The first-order valence-corrected chi connectivity index (χ1v) is 5.48. The molecule has 0 bridgehead atoms. The van der Waals surface area contributed by atoms with Crippen molar-refractivity contribution in [3.8, 4) is 0 Å². The number of aryl methyl sites for hydroxylation is 2. The van der Waals surface area contributed by atoms with Gasteiger partial charge in [0.05, 0.1) is 29.6 Å². The topological polar surface area (TPSA) is 56.1 Å². The van der Waals surface area contributed by atoms with Crippen LogP contribution in [0.1, 0.15) is 18.3 Å². The highest BCUT2D eigenvalue weighted by molar-refractivity contribution is 6.31. The summed E-state index contributed by atoms with van der Waals surface area (Å²) in [4.78, 5) is 11.1. The fourth-order valence-electron chi connectivity index (χ4n) is 1.37. The number of nitrogens with zero attached hydrogens (tertiary/aromatic N) is 2. The van der Waals surface area contributed by atoms with Crippen LogP contribution >= 0.6 is 11.6 Å². The number of hydrogen-bond acceptors (Lipinski definition) is 4. The van der Waals surface area contributed by atoms with E-state index in [9.17, 15) is 4.79 Å². The second-order valence-corrected chi connectivity index (χ2v) is 3.76. The molecule has 1 N–H and O–H groups in total. The molecule has 0 atom stereocenters. The van der Waals surface area contributed by atoms with Gasteiger partial charge in [-0.1, -0.05) is 11.6 Å². The van der Waals surface area contributed by atoms with Gasteiger partial charge in [-0.2, -0.15) is 5.10 Å². The van der Waals surface area contributed by atoms with Crippen molar-refractivity contribution in [3.63, 3.8) is 0 Å². The monoisotopic (exact) mass is 245 g/mol. The normalized spacial score (nSPS) is 10.5. The first kappa shape index (κ1) is 13.0. The molecule has 0 radical (unpaired) electrons. The molecule has 5 nitrogen and oxygen atoms in total. The first-order valence-electron chi connectivity index (χ1n) is 5.10. The molecule has 0 fully saturated rings. The van der Waals surface area contributed by atoms with Gasteiger partial charge in [0.15, 0.2) is 0 Å². The van der Waals surface area contributed by atoms with Crippen molar-refractivity contribution in [2.75, 3.05) is 13.2 Å². The molecule has 1 aromatic heterocycles. The van der Waals surface area contributed by atoms with Crippen LogP contribution in [-0.2, 0) is 23.1 Å². The van der Waals surface area contributed by atoms with E-state index >= 15 is 0 Å². The number of hydrogen-bond donors (Lipinski definition) is 1. The Morgan fingerprint density at radius 3 is 2.81 bits per heavy atom. The van der Waals surface area contributed by atoms with Gasteiger partial charge in [0, 0.05) is 13.6 Å². The molecule has 1 aromatic rings. The molecule has 0 saturated heterocycles. The van der Waals surface area contributed by atoms with Gasteiger partial charge in [0.2, 0.25) is 0 Å². The highest BCUT2D eigenvalue weighted by Gasteiger charge is 2.11. The highest BCUT2D eigenvalue weighted by atomic mass is 35.5. The van der Waals surface area contributed by atoms with Crippen LogP contribution < -0.4 is 5.32 Å². The lowest BCUT2D eigenvalue weighted by atomic mass is 10.3. The molecule has 0 saturated carbocycles. The van der Waals surface area contributed by atoms with E-state index < -0.39 is 0 Å². The SMILES string of the molecule is CCOC(=O)CNCc1c(Cl)c(C)nn1C. The average Bonchev–Trinajstić information content (AvgIpc) is 2.45. The standard InChI is InChI=1S/C10H16ClN3O2/c1-4-16-9(15)6-12-5-8-10(11)7(2)13-14(8)3/h12H,4-6H2,1-3H3. The Bertz CT molecular complexity index is 376. The minimum absolute atomic E-state index is 0.175. The van der Waals surface area contributed by atoms with Gasteiger partial charge >= 0.3 is 5.97 Å². The van der Waals surface area contributed by atoms with Crippen LogP contribution in [0.5, 0.6) is 0 Å². The Hall–Kier alpha value is -1.07. The zero-order valence-corrected chi connectivity index (χ0v) is 10.5. The van der Waals surface area contributed by atoms with Crippen molar-refractivity contribution in [1.29, 1.82) is 0 Å². The molecule has 0 spiro atoms. The van der Waals surface area contributed by atoms with Gasteiger partial charge in [0.1, 0.15) is 0 Å². The first-order chi connectivity index (χ1) is 7.56. The Labute approximate surface area is 99.7 Å². The molecule has 1 rings (SSSR count). The van der Waals surface area contributed by atoms with Gasteiger partial charge < -0.3 is 10.1 Å². The van der Waals surface area contributed by atoms with Gasteiger partial charge in [0.25, 0.3) is 0 Å². The molecule has 0 amide bonds. The molecule has 0 aliphatic carbocycles. The Morgan fingerprint density at radius 1 is 1.62 bits per heavy atom. The number of carbonyl (C=O) groups excluding carboxylic acids is 1. The smallest absolute Gasteiger partial charge is 0.319 e. The van der Waals surface area contributed by atoms with Crippen molar-refractivity contribution in [3.05, 3.63) is 16.4 Å². The summed E-state index contributed by atoms with van der Waals surface area (Å²) in [6.45, 7) is 4.69. The van der Waals surface area contributed by atoms with Crippen molar-refractivity contribution in [2.24, 2.45) is 7.05 Å². The lowest BCUT2D eigenvalue weighted by Crippen LogP contribution is -2.25. The molecular formula is C10H16ClN3O2. The maximum Gasteiger partial charge on any atom is 0.319 e. The van der Waals surface area contributed by atoms with E-state index in [1.807, 2.05) is 14.0 Å². The van der Waals surface area contributed by atoms with E-state index in [2.05, 4.69) is 10.4 Å². The summed E-state index contributed by atoms with van der Waals surface area (Å²) in [5, 5.41) is 7.77. The summed E-state index contributed by atoms with van der Waals surface area (Å²) in [6.07, 6.45) is 0. The summed E-state index contributed by atoms with van der Waals surface area (Å²) in [7, 11) is 1.82. The van der Waals surface area contributed by atoms with E-state index in [1.54, 1.807) is 11.6 Å². The Kier molecular flexibility index (Phi) is 4.76. The van der Waals surface area contributed by atoms with Crippen molar-refractivity contribution >= 4 is 17.6 Å². The fourth-order valence-corrected chi connectivity index (χ4v) is 1.59. The molecular weight excluding hydrogens is 230 g/mol. The molecule has 16 heavy (non-hydrogen) atoms. The minimum Gasteiger partial charge on any atom is -0.465 e. The van der Waals surface area contributed by atoms with Crippen LogP contribution in [0, 0.1) is 6.92 Å². The summed E-state index contributed by atoms with van der Waals surface area (Å²) in [5.41, 5.74) is 1.65. The van der Waals surface area contributed by atoms with Crippen LogP contribution in [0.4, 0.5) is 0 Å². The van der Waals surface area contributed by atoms with E-state index in [4.69, 9.17) is 16.3 Å². The number of esters is 1. The quantitative estimate of drug-likeness (QED) is 0.788. The molecule has 0 unspecified atom stereocenters. The van der Waals surface area contributed by atoms with Gasteiger partial charge in [-0.3, -0.25) is 9.48 Å². The van der Waals surface area contributed by atoms with E-state index in [0.717, 1.165) is 11.4 Å². The molecule has 0 aliphatic heterocycles. The molecule has 1 heterocycles. The zero-order valence-electron chi connectivity index (χ0n) is 9.71. The van der Waals surface area contributed by atoms with Crippen LogP contribution in [0.2, 0.25) is 5.02 Å². The van der Waals surface area contributed by atoms with E-state index in [1.165, 1.54) is 0 Å². The Morgan fingerprint density at radius 2 is 2.31 bits per heavy atom. The predicted molar refractivity (Wildman–Crippen MR) is 61.3 cm³/mol. The number of aromatic nitrogens is 2. The maximum absolute atomic E-state index is 11.1. The van der Waals surface area contributed by atoms with E-state index in [0.29, 0.717) is 18.2 Å². The third-order valence-electron chi connectivity index (χ3n) is 2.13. The summed E-state index contributed by atoms with van der Waals surface area (Å²) >= 11 is 6.05. The minimum atomic E-state index is -0.266. The summed E-state index contributed by atoms with van der Waals surface area (Å²) < 4.78 is 6.49.